The quantitative estimate of drug-likeness (QED) is 0.0655. The Morgan fingerprint density at radius 2 is 1.89 bits per heavy atom. The van der Waals surface area contributed by atoms with Crippen molar-refractivity contribution in [3.63, 3.8) is 0 Å². The first-order chi connectivity index (χ1) is 21.4. The maximum atomic E-state index is 14.1. The minimum Gasteiger partial charge on any atom is -0.448 e. The third-order valence-corrected chi connectivity index (χ3v) is 10.2. The number of thioether (sulfide) groups is 2. The van der Waals surface area contributed by atoms with Gasteiger partial charge in [0, 0.05) is 33.6 Å². The van der Waals surface area contributed by atoms with Crippen molar-refractivity contribution in [2.24, 2.45) is 5.16 Å². The molecule has 2 atom stereocenters. The van der Waals surface area contributed by atoms with Gasteiger partial charge in [-0.15, -0.1) is 34.9 Å². The normalized spacial score (nSPS) is 18.2. The van der Waals surface area contributed by atoms with Crippen molar-refractivity contribution < 1.29 is 24.3 Å². The molecule has 2 aromatic heterocycles. The van der Waals surface area contributed by atoms with E-state index in [9.17, 15) is 19.6 Å². The highest BCUT2D eigenvalue weighted by atomic mass is 32.2. The van der Waals surface area contributed by atoms with Crippen LogP contribution < -0.4 is 11.1 Å². The maximum Gasteiger partial charge on any atom is 0.356 e. The van der Waals surface area contributed by atoms with E-state index in [1.54, 1.807) is 12.4 Å². The van der Waals surface area contributed by atoms with E-state index in [1.165, 1.54) is 33.8 Å². The van der Waals surface area contributed by atoms with Crippen LogP contribution in [0.1, 0.15) is 28.5 Å². The number of carbonyl (C=O) groups is 3. The number of amides is 2. The van der Waals surface area contributed by atoms with Crippen LogP contribution >= 0.6 is 34.9 Å². The Morgan fingerprint density at radius 3 is 2.48 bits per heavy atom. The van der Waals surface area contributed by atoms with E-state index in [1.807, 2.05) is 60.7 Å². The molecule has 0 aliphatic carbocycles. The van der Waals surface area contributed by atoms with Crippen LogP contribution in [0.4, 0.5) is 5.13 Å². The van der Waals surface area contributed by atoms with E-state index in [2.05, 4.69) is 25.7 Å². The Morgan fingerprint density at radius 1 is 1.18 bits per heavy atom. The van der Waals surface area contributed by atoms with Gasteiger partial charge in [0.05, 0.1) is 6.20 Å². The summed E-state index contributed by atoms with van der Waals surface area (Å²) in [5, 5.41) is 23.1. The number of fused-ring (bicyclic) bond motifs is 1. The number of benzene rings is 2. The average molecular weight is 648 g/mol. The van der Waals surface area contributed by atoms with Crippen LogP contribution in [0.2, 0.25) is 0 Å². The van der Waals surface area contributed by atoms with E-state index in [0.29, 0.717) is 16.4 Å². The second-order valence-electron chi connectivity index (χ2n) is 9.65. The number of nitrogens with two attached hydrogens (primary N) is 1. The number of nitrogens with one attached hydrogen (secondary N) is 2. The molecule has 1 fully saturated rings. The number of H-pyrrole nitrogens is 1. The van der Waals surface area contributed by atoms with Crippen molar-refractivity contribution in [3.05, 3.63) is 111 Å². The summed E-state index contributed by atoms with van der Waals surface area (Å²) in [4.78, 5) is 46.7. The van der Waals surface area contributed by atoms with Crippen molar-refractivity contribution >= 4 is 63.5 Å². The zero-order valence-corrected chi connectivity index (χ0v) is 25.3. The molecule has 2 aliphatic rings. The zero-order valence-electron chi connectivity index (χ0n) is 22.8. The Balaban J connectivity index is 1.28. The molecule has 5 N–H and O–H groups in total. The van der Waals surface area contributed by atoms with Gasteiger partial charge in [-0.3, -0.25) is 19.6 Å². The fourth-order valence-electron chi connectivity index (χ4n) is 4.78. The number of aromatic nitrogens is 3. The predicted molar refractivity (Wildman–Crippen MR) is 168 cm³/mol. The molecule has 2 aromatic carbocycles. The molecule has 2 amide bonds. The topological polar surface area (TPSA) is 176 Å². The summed E-state index contributed by atoms with van der Waals surface area (Å²) >= 11 is 3.91. The fraction of sp³-hybridized carbons (Fsp3) is 0.172. The number of β-lactam (4-membered cyclic amide) rings is 1. The molecule has 4 aromatic rings. The van der Waals surface area contributed by atoms with E-state index in [4.69, 9.17) is 10.5 Å². The highest BCUT2D eigenvalue weighted by Crippen LogP contribution is 2.45. The Labute approximate surface area is 263 Å². The summed E-state index contributed by atoms with van der Waals surface area (Å²) in [5.41, 5.74) is 7.99. The largest absolute Gasteiger partial charge is 0.448 e. The van der Waals surface area contributed by atoms with Gasteiger partial charge in [-0.05, 0) is 11.1 Å². The number of nitrogens with zero attached hydrogens (tertiary/aromatic N) is 4. The van der Waals surface area contributed by atoms with Gasteiger partial charge < -0.3 is 21.0 Å². The van der Waals surface area contributed by atoms with E-state index < -0.39 is 35.3 Å². The lowest BCUT2D eigenvalue weighted by molar-refractivity contribution is -0.154. The number of anilines is 1. The van der Waals surface area contributed by atoms with Crippen LogP contribution in [0, 0.1) is 0 Å². The number of esters is 1. The van der Waals surface area contributed by atoms with Crippen LogP contribution in [0.15, 0.2) is 94.2 Å². The smallest absolute Gasteiger partial charge is 0.356 e. The number of hydrogen-bond donors (Lipinski definition) is 4. The van der Waals surface area contributed by atoms with Gasteiger partial charge in [0.1, 0.15) is 22.8 Å². The zero-order chi connectivity index (χ0) is 30.6. The predicted octanol–water partition coefficient (Wildman–Crippen LogP) is 3.50. The molecule has 44 heavy (non-hydrogen) atoms. The summed E-state index contributed by atoms with van der Waals surface area (Å²) in [6, 6.07) is 17.8. The summed E-state index contributed by atoms with van der Waals surface area (Å²) < 4.78 is 6.17. The number of nitrogen functional groups attached to an aromatic ring is 1. The Hall–Kier alpha value is -4.60. The number of thiazole rings is 1. The summed E-state index contributed by atoms with van der Waals surface area (Å²) in [5.74, 6) is -1.02. The van der Waals surface area contributed by atoms with Crippen molar-refractivity contribution in [2.75, 3.05) is 11.5 Å². The minimum absolute atomic E-state index is 0.0855. The van der Waals surface area contributed by atoms with Gasteiger partial charge in [0.25, 0.3) is 11.8 Å². The average Bonchev–Trinajstić information content (AvgIpc) is 3.74. The highest BCUT2D eigenvalue weighted by Gasteiger charge is 2.55. The van der Waals surface area contributed by atoms with E-state index in [0.717, 1.165) is 28.0 Å². The summed E-state index contributed by atoms with van der Waals surface area (Å²) in [7, 11) is 0. The molecule has 6 rings (SSSR count). The summed E-state index contributed by atoms with van der Waals surface area (Å²) in [6.07, 6.45) is 2.75. The van der Waals surface area contributed by atoms with Gasteiger partial charge >= 0.3 is 5.97 Å². The van der Waals surface area contributed by atoms with Gasteiger partial charge in [-0.1, -0.05) is 65.8 Å². The van der Waals surface area contributed by atoms with Crippen molar-refractivity contribution in [1.82, 2.24) is 25.4 Å². The van der Waals surface area contributed by atoms with Crippen LogP contribution in [0.25, 0.3) is 0 Å². The molecule has 12 nitrogen and oxygen atoms in total. The van der Waals surface area contributed by atoms with Crippen molar-refractivity contribution in [3.8, 4) is 0 Å². The number of oxime groups is 1. The standard InChI is InChI=1S/C29H25N7O5S3/c30-29-33-19(14-44-29)21(35-40)25(37)34-22-26(38)36-23(20(15-43-27(22)36)42-13-16-11-31-32-12-16)28(39)41-24(17-7-3-1-4-8-17)18-9-5-2-6-10-18/h1-12,14,22,24,27,40H,13,15H2,(H2,30,33)(H,31,32)(H,34,37)/b35-21+/t22-,27-/m1/s1. The SMILES string of the molecule is Nc1nc(/C(=N\O)C(=O)N[C@@H]2C(=O)N3C(C(=O)OC(c4ccccc4)c4ccccc4)=C(SCc4cn[nH]c4)CS[C@H]23)cs1. The monoisotopic (exact) mass is 647 g/mol. The van der Waals surface area contributed by atoms with Gasteiger partial charge in [-0.25, -0.2) is 9.78 Å². The number of ether oxygens (including phenoxy) is 1. The van der Waals surface area contributed by atoms with Crippen LogP contribution in [-0.2, 0) is 24.9 Å². The second-order valence-corrected chi connectivity index (χ2v) is 12.7. The minimum atomic E-state index is -0.970. The lowest BCUT2D eigenvalue weighted by atomic mass is 10.0. The molecule has 0 radical (unpaired) electrons. The maximum absolute atomic E-state index is 14.1. The third-order valence-electron chi connectivity index (χ3n) is 6.89. The van der Waals surface area contributed by atoms with E-state index >= 15 is 0 Å². The Kier molecular flexibility index (Phi) is 8.67. The van der Waals surface area contributed by atoms with Crippen LogP contribution in [-0.4, -0.2) is 66.0 Å². The lowest BCUT2D eigenvalue weighted by Crippen LogP contribution is -2.71. The second kappa shape index (κ2) is 13.0. The molecule has 1 saturated heterocycles. The first kappa shape index (κ1) is 29.5. The highest BCUT2D eigenvalue weighted by molar-refractivity contribution is 8.05. The molecule has 0 saturated carbocycles. The number of rotatable bonds is 10. The first-order valence-corrected chi connectivity index (χ1v) is 16.2. The molecule has 15 heteroatoms. The van der Waals surface area contributed by atoms with Crippen molar-refractivity contribution in [2.45, 2.75) is 23.3 Å². The van der Waals surface area contributed by atoms with Gasteiger partial charge in [0.15, 0.2) is 16.9 Å². The molecule has 0 unspecified atom stereocenters. The van der Waals surface area contributed by atoms with E-state index in [-0.39, 0.29) is 22.2 Å². The molecule has 0 spiro atoms. The van der Waals surface area contributed by atoms with Crippen LogP contribution in [0.5, 0.6) is 0 Å². The van der Waals surface area contributed by atoms with Gasteiger partial charge in [0.2, 0.25) is 0 Å². The summed E-state index contributed by atoms with van der Waals surface area (Å²) in [6.45, 7) is 0. The molecule has 224 valence electrons. The van der Waals surface area contributed by atoms with Crippen LogP contribution in [0.3, 0.4) is 0 Å². The Bertz CT molecular complexity index is 1690. The fourth-order valence-corrected chi connectivity index (χ4v) is 7.88. The molecule has 0 bridgehead atoms. The molecule has 2 aliphatic heterocycles. The molecule has 4 heterocycles. The molecular formula is C29H25N7O5S3. The molecular weight excluding hydrogens is 623 g/mol. The number of carbonyl (C=O) groups excluding carboxylic acids is 3. The lowest BCUT2D eigenvalue weighted by Gasteiger charge is -2.49. The number of aromatic amines is 1. The van der Waals surface area contributed by atoms with Gasteiger partial charge in [-0.2, -0.15) is 5.10 Å². The van der Waals surface area contributed by atoms with Crippen molar-refractivity contribution in [1.29, 1.82) is 0 Å². The number of hydrogen-bond acceptors (Lipinski definition) is 12. The first-order valence-electron chi connectivity index (χ1n) is 13.3. The third kappa shape index (κ3) is 5.93.